The van der Waals surface area contributed by atoms with Gasteiger partial charge in [0.25, 0.3) is 0 Å². The molecule has 0 amide bonds. The molecule has 2 rings (SSSR count). The van der Waals surface area contributed by atoms with Crippen molar-refractivity contribution in [3.8, 4) is 0 Å². The molecule has 0 saturated heterocycles. The smallest absolute Gasteiger partial charge is 0.203 e. The van der Waals surface area contributed by atoms with Gasteiger partial charge in [0, 0.05) is 22.4 Å². The van der Waals surface area contributed by atoms with E-state index >= 15 is 0 Å². The van der Waals surface area contributed by atoms with Crippen LogP contribution in [0, 0.1) is 0 Å². The summed E-state index contributed by atoms with van der Waals surface area (Å²) in [5.41, 5.74) is 0.685. The zero-order valence-electron chi connectivity index (χ0n) is 5.86. The van der Waals surface area contributed by atoms with E-state index in [0.29, 0.717) is 10.0 Å². The first kappa shape index (κ1) is 7.94. The summed E-state index contributed by atoms with van der Waals surface area (Å²) in [4.78, 5) is 4.03. The minimum absolute atomic E-state index is 0.275. The largest absolute Gasteiger partial charge is 0.263 e. The molecule has 62 valence electrons. The Morgan fingerprint density at radius 3 is 2.83 bits per heavy atom. The second-order valence-corrected chi connectivity index (χ2v) is 5.00. The Morgan fingerprint density at radius 2 is 2.17 bits per heavy atom. The van der Waals surface area contributed by atoms with Crippen LogP contribution in [-0.4, -0.2) is 13.4 Å². The van der Waals surface area contributed by atoms with Crippen molar-refractivity contribution in [1.29, 1.82) is 0 Å². The SMILES string of the molecule is O=S1(=O)C=C(Br)c2ccncc21. The maximum atomic E-state index is 11.3. The van der Waals surface area contributed by atoms with Crippen LogP contribution in [0.2, 0.25) is 0 Å². The fourth-order valence-electron chi connectivity index (χ4n) is 1.07. The summed E-state index contributed by atoms with van der Waals surface area (Å²) < 4.78 is 23.2. The molecule has 0 unspecified atom stereocenters. The van der Waals surface area contributed by atoms with E-state index in [9.17, 15) is 8.42 Å². The average molecular weight is 246 g/mol. The van der Waals surface area contributed by atoms with E-state index in [-0.39, 0.29) is 4.90 Å². The molecule has 0 aromatic carbocycles. The molecule has 0 fully saturated rings. The lowest BCUT2D eigenvalue weighted by molar-refractivity contribution is 0.605. The molecule has 1 aliphatic heterocycles. The Morgan fingerprint density at radius 1 is 1.42 bits per heavy atom. The van der Waals surface area contributed by atoms with Gasteiger partial charge in [0.2, 0.25) is 9.84 Å². The van der Waals surface area contributed by atoms with Crippen LogP contribution in [0.25, 0.3) is 4.48 Å². The molecule has 2 heterocycles. The van der Waals surface area contributed by atoms with Gasteiger partial charge in [-0.05, 0) is 22.0 Å². The van der Waals surface area contributed by atoms with Gasteiger partial charge in [-0.3, -0.25) is 4.98 Å². The maximum absolute atomic E-state index is 11.3. The summed E-state index contributed by atoms with van der Waals surface area (Å²) in [5.74, 6) is 0. The van der Waals surface area contributed by atoms with Gasteiger partial charge in [-0.2, -0.15) is 0 Å². The van der Waals surface area contributed by atoms with Crippen molar-refractivity contribution >= 4 is 30.2 Å². The first-order chi connectivity index (χ1) is 5.61. The molecule has 1 aromatic rings. The van der Waals surface area contributed by atoms with Crippen molar-refractivity contribution in [3.05, 3.63) is 29.4 Å². The molecule has 5 heteroatoms. The molecule has 0 saturated carbocycles. The second-order valence-electron chi connectivity index (χ2n) is 2.38. The fourth-order valence-corrected chi connectivity index (χ4v) is 3.50. The number of fused-ring (bicyclic) bond motifs is 1. The molecule has 3 nitrogen and oxygen atoms in total. The third kappa shape index (κ3) is 1.01. The van der Waals surface area contributed by atoms with Gasteiger partial charge in [-0.15, -0.1) is 0 Å². The molecule has 0 atom stereocenters. The molecule has 1 aromatic heterocycles. The molecule has 0 N–H and O–H groups in total. The summed E-state index contributed by atoms with van der Waals surface area (Å²) in [7, 11) is -3.23. The third-order valence-electron chi connectivity index (χ3n) is 1.61. The number of hydrogen-bond donors (Lipinski definition) is 0. The zero-order valence-corrected chi connectivity index (χ0v) is 8.26. The van der Waals surface area contributed by atoms with Gasteiger partial charge in [-0.25, -0.2) is 8.42 Å². The molecule has 0 spiro atoms. The van der Waals surface area contributed by atoms with E-state index < -0.39 is 9.84 Å². The van der Waals surface area contributed by atoms with Crippen molar-refractivity contribution in [3.63, 3.8) is 0 Å². The molecule has 1 aliphatic rings. The summed E-state index contributed by atoms with van der Waals surface area (Å²) in [5, 5.41) is 1.19. The second kappa shape index (κ2) is 2.40. The van der Waals surface area contributed by atoms with Gasteiger partial charge >= 0.3 is 0 Å². The van der Waals surface area contributed by atoms with E-state index in [4.69, 9.17) is 0 Å². The summed E-state index contributed by atoms with van der Waals surface area (Å²) in [6.45, 7) is 0. The van der Waals surface area contributed by atoms with Crippen molar-refractivity contribution in [1.82, 2.24) is 4.98 Å². The van der Waals surface area contributed by atoms with Crippen LogP contribution in [0.4, 0.5) is 0 Å². The Hall–Kier alpha value is -0.680. The molecule has 0 radical (unpaired) electrons. The Labute approximate surface area is 78.2 Å². The van der Waals surface area contributed by atoms with Crippen LogP contribution in [0.3, 0.4) is 0 Å². The lowest BCUT2D eigenvalue weighted by Crippen LogP contribution is -1.93. The first-order valence-electron chi connectivity index (χ1n) is 3.18. The highest BCUT2D eigenvalue weighted by Gasteiger charge is 2.25. The predicted octanol–water partition coefficient (Wildman–Crippen LogP) is 1.56. The van der Waals surface area contributed by atoms with Crippen molar-refractivity contribution in [2.45, 2.75) is 4.90 Å². The minimum atomic E-state index is -3.23. The standard InChI is InChI=1S/C7H4BrNO2S/c8-6-4-12(10,11)7-3-9-2-1-5(6)7/h1-4H. The molecular weight excluding hydrogens is 242 g/mol. The highest BCUT2D eigenvalue weighted by molar-refractivity contribution is 9.15. The summed E-state index contributed by atoms with van der Waals surface area (Å²) in [6.07, 6.45) is 2.92. The summed E-state index contributed by atoms with van der Waals surface area (Å²) in [6, 6.07) is 1.67. The number of aromatic nitrogens is 1. The monoisotopic (exact) mass is 245 g/mol. The van der Waals surface area contributed by atoms with E-state index in [2.05, 4.69) is 20.9 Å². The number of pyridine rings is 1. The molecule has 12 heavy (non-hydrogen) atoms. The van der Waals surface area contributed by atoms with Crippen molar-refractivity contribution in [2.24, 2.45) is 0 Å². The van der Waals surface area contributed by atoms with E-state index in [1.165, 1.54) is 11.6 Å². The fraction of sp³-hybridized carbons (Fsp3) is 0. The van der Waals surface area contributed by atoms with Gasteiger partial charge in [0.15, 0.2) is 0 Å². The van der Waals surface area contributed by atoms with Crippen LogP contribution in [0.5, 0.6) is 0 Å². The number of rotatable bonds is 0. The Kier molecular flexibility index (Phi) is 1.59. The average Bonchev–Trinajstić information content (AvgIpc) is 2.25. The highest BCUT2D eigenvalue weighted by atomic mass is 79.9. The number of hydrogen-bond acceptors (Lipinski definition) is 3. The van der Waals surface area contributed by atoms with Crippen molar-refractivity contribution < 1.29 is 8.42 Å². The Bertz CT molecular complexity index is 464. The van der Waals surface area contributed by atoms with E-state index in [1.807, 2.05) is 0 Å². The summed E-state index contributed by atoms with van der Waals surface area (Å²) >= 11 is 3.17. The molecule has 0 aliphatic carbocycles. The highest BCUT2D eigenvalue weighted by Crippen LogP contribution is 2.35. The lowest BCUT2D eigenvalue weighted by atomic mass is 10.3. The van der Waals surface area contributed by atoms with Gasteiger partial charge < -0.3 is 0 Å². The topological polar surface area (TPSA) is 47.0 Å². The quantitative estimate of drug-likeness (QED) is 0.697. The van der Waals surface area contributed by atoms with Crippen LogP contribution in [-0.2, 0) is 9.84 Å². The number of nitrogens with zero attached hydrogens (tertiary/aromatic N) is 1. The molecule has 0 bridgehead atoms. The van der Waals surface area contributed by atoms with Gasteiger partial charge in [-0.1, -0.05) is 0 Å². The first-order valence-corrected chi connectivity index (χ1v) is 5.52. The predicted molar refractivity (Wildman–Crippen MR) is 48.3 cm³/mol. The van der Waals surface area contributed by atoms with Crippen LogP contribution in [0.1, 0.15) is 5.56 Å². The van der Waals surface area contributed by atoms with Crippen LogP contribution < -0.4 is 0 Å². The van der Waals surface area contributed by atoms with E-state index in [1.54, 1.807) is 12.3 Å². The minimum Gasteiger partial charge on any atom is -0.263 e. The number of sulfone groups is 1. The third-order valence-corrected chi connectivity index (χ3v) is 4.05. The van der Waals surface area contributed by atoms with Gasteiger partial charge in [0.1, 0.15) is 0 Å². The molecular formula is C7H4BrNO2S. The Balaban J connectivity index is 2.86. The van der Waals surface area contributed by atoms with Crippen molar-refractivity contribution in [2.75, 3.05) is 0 Å². The maximum Gasteiger partial charge on any atom is 0.203 e. The van der Waals surface area contributed by atoms with Crippen LogP contribution >= 0.6 is 15.9 Å². The van der Waals surface area contributed by atoms with E-state index in [0.717, 1.165) is 0 Å². The zero-order chi connectivity index (χ0) is 8.77. The lowest BCUT2D eigenvalue weighted by Gasteiger charge is -1.95. The number of halogens is 1. The normalized spacial score (nSPS) is 18.6. The van der Waals surface area contributed by atoms with Gasteiger partial charge in [0.05, 0.1) is 10.3 Å². The van der Waals surface area contributed by atoms with Crippen LogP contribution in [0.15, 0.2) is 28.8 Å².